The highest BCUT2D eigenvalue weighted by Crippen LogP contribution is 2.51. The van der Waals surface area contributed by atoms with Crippen LogP contribution in [0.25, 0.3) is 0 Å². The van der Waals surface area contributed by atoms with Gasteiger partial charge in [0.05, 0.1) is 0 Å². The van der Waals surface area contributed by atoms with E-state index in [9.17, 15) is 0 Å². The molecule has 1 aliphatic carbocycles. The van der Waals surface area contributed by atoms with Gasteiger partial charge in [-0.3, -0.25) is 0 Å². The van der Waals surface area contributed by atoms with E-state index in [1.165, 1.54) is 19.2 Å². The van der Waals surface area contributed by atoms with Gasteiger partial charge in [0, 0.05) is 12.6 Å². The van der Waals surface area contributed by atoms with Crippen LogP contribution in [-0.2, 0) is 0 Å². The van der Waals surface area contributed by atoms with Crippen LogP contribution >= 0.6 is 0 Å². The Morgan fingerprint density at radius 1 is 1.38 bits per heavy atom. The molecular weight excluding hydrogens is 202 g/mol. The standard InChI is InChI=1S/C11H19N5/c1-8(2)11(3-4-11)6-13-9-5-10(16-12)15-7-14-9/h5,7-8H,3-4,6,12H2,1-2H3,(H2,13,14,15,16). The van der Waals surface area contributed by atoms with Crippen LogP contribution < -0.4 is 16.6 Å². The molecule has 4 N–H and O–H groups in total. The van der Waals surface area contributed by atoms with E-state index >= 15 is 0 Å². The van der Waals surface area contributed by atoms with Gasteiger partial charge in [-0.2, -0.15) is 0 Å². The summed E-state index contributed by atoms with van der Waals surface area (Å²) < 4.78 is 0. The van der Waals surface area contributed by atoms with Crippen LogP contribution in [0.4, 0.5) is 11.6 Å². The fourth-order valence-corrected chi connectivity index (χ4v) is 1.92. The molecule has 1 saturated carbocycles. The maximum Gasteiger partial charge on any atom is 0.145 e. The van der Waals surface area contributed by atoms with E-state index < -0.39 is 0 Å². The Bertz CT molecular complexity index is 359. The van der Waals surface area contributed by atoms with Gasteiger partial charge >= 0.3 is 0 Å². The summed E-state index contributed by atoms with van der Waals surface area (Å²) in [5, 5.41) is 3.36. The lowest BCUT2D eigenvalue weighted by Gasteiger charge is -2.20. The lowest BCUT2D eigenvalue weighted by atomic mass is 9.92. The van der Waals surface area contributed by atoms with Gasteiger partial charge in [-0.15, -0.1) is 0 Å². The van der Waals surface area contributed by atoms with Crippen LogP contribution in [0.2, 0.25) is 0 Å². The van der Waals surface area contributed by atoms with Crippen molar-refractivity contribution in [3.05, 3.63) is 12.4 Å². The molecule has 0 unspecified atom stereocenters. The summed E-state index contributed by atoms with van der Waals surface area (Å²) in [6.45, 7) is 5.54. The number of hydrazine groups is 1. The second-order valence-electron chi connectivity index (χ2n) is 4.80. The number of nitrogens with two attached hydrogens (primary N) is 1. The van der Waals surface area contributed by atoms with Crippen molar-refractivity contribution in [3.8, 4) is 0 Å². The van der Waals surface area contributed by atoms with Crippen LogP contribution in [0.5, 0.6) is 0 Å². The maximum atomic E-state index is 5.29. The Balaban J connectivity index is 1.94. The summed E-state index contributed by atoms with van der Waals surface area (Å²) in [7, 11) is 0. The Hall–Kier alpha value is -1.36. The first kappa shape index (κ1) is 11.1. The van der Waals surface area contributed by atoms with Crippen LogP contribution in [0.3, 0.4) is 0 Å². The zero-order valence-corrected chi connectivity index (χ0v) is 9.83. The number of aromatic nitrogens is 2. The van der Waals surface area contributed by atoms with Crippen LogP contribution in [0.15, 0.2) is 12.4 Å². The summed E-state index contributed by atoms with van der Waals surface area (Å²) >= 11 is 0. The first-order valence-electron chi connectivity index (χ1n) is 5.69. The Morgan fingerprint density at radius 3 is 2.62 bits per heavy atom. The molecule has 2 rings (SSSR count). The SMILES string of the molecule is CC(C)C1(CNc2cc(NN)ncn2)CC1. The van der Waals surface area contributed by atoms with Crippen molar-refractivity contribution in [2.24, 2.45) is 17.2 Å². The van der Waals surface area contributed by atoms with E-state index in [0.29, 0.717) is 17.2 Å². The summed E-state index contributed by atoms with van der Waals surface area (Å²) in [6, 6.07) is 1.82. The number of nitrogens with one attached hydrogen (secondary N) is 2. The number of rotatable bonds is 5. The lowest BCUT2D eigenvalue weighted by Crippen LogP contribution is -2.21. The van der Waals surface area contributed by atoms with Crippen molar-refractivity contribution in [1.29, 1.82) is 0 Å². The van der Waals surface area contributed by atoms with Crippen LogP contribution in [0, 0.1) is 11.3 Å². The molecule has 16 heavy (non-hydrogen) atoms. The molecule has 88 valence electrons. The van der Waals surface area contributed by atoms with E-state index in [-0.39, 0.29) is 0 Å². The van der Waals surface area contributed by atoms with E-state index in [1.54, 1.807) is 0 Å². The molecule has 0 amide bonds. The van der Waals surface area contributed by atoms with Crippen molar-refractivity contribution in [1.82, 2.24) is 9.97 Å². The Kier molecular flexibility index (Phi) is 2.96. The molecule has 1 aromatic rings. The molecule has 0 saturated heterocycles. The lowest BCUT2D eigenvalue weighted by molar-refractivity contribution is 0.380. The fraction of sp³-hybridized carbons (Fsp3) is 0.636. The largest absolute Gasteiger partial charge is 0.369 e. The third-order valence-corrected chi connectivity index (χ3v) is 3.55. The molecule has 1 fully saturated rings. The Morgan fingerprint density at radius 2 is 2.06 bits per heavy atom. The van der Waals surface area contributed by atoms with Gasteiger partial charge in [0.2, 0.25) is 0 Å². The second-order valence-corrected chi connectivity index (χ2v) is 4.80. The molecule has 0 radical (unpaired) electrons. The number of hydrogen-bond donors (Lipinski definition) is 3. The van der Waals surface area contributed by atoms with Crippen molar-refractivity contribution in [2.75, 3.05) is 17.3 Å². The molecule has 0 atom stereocenters. The minimum Gasteiger partial charge on any atom is -0.369 e. The topological polar surface area (TPSA) is 75.9 Å². The average molecular weight is 221 g/mol. The first-order valence-corrected chi connectivity index (χ1v) is 5.69. The van der Waals surface area contributed by atoms with Crippen molar-refractivity contribution < 1.29 is 0 Å². The average Bonchev–Trinajstić information content (AvgIpc) is 3.08. The highest BCUT2D eigenvalue weighted by atomic mass is 15.3. The van der Waals surface area contributed by atoms with E-state index in [0.717, 1.165) is 12.4 Å². The summed E-state index contributed by atoms with van der Waals surface area (Å²) in [5.74, 6) is 7.47. The third kappa shape index (κ3) is 2.24. The second kappa shape index (κ2) is 4.25. The third-order valence-electron chi connectivity index (χ3n) is 3.55. The molecule has 0 spiro atoms. The zero-order chi connectivity index (χ0) is 11.6. The molecule has 0 aromatic carbocycles. The van der Waals surface area contributed by atoms with E-state index in [2.05, 4.69) is 34.6 Å². The number of nitrogen functional groups attached to an aromatic ring is 1. The van der Waals surface area contributed by atoms with Crippen molar-refractivity contribution in [2.45, 2.75) is 26.7 Å². The molecule has 1 aromatic heterocycles. The van der Waals surface area contributed by atoms with Crippen LogP contribution in [0.1, 0.15) is 26.7 Å². The monoisotopic (exact) mass is 221 g/mol. The minimum absolute atomic E-state index is 0.473. The summed E-state index contributed by atoms with van der Waals surface area (Å²) in [5.41, 5.74) is 2.99. The molecule has 5 nitrogen and oxygen atoms in total. The number of anilines is 2. The predicted molar refractivity (Wildman–Crippen MR) is 64.8 cm³/mol. The van der Waals surface area contributed by atoms with Crippen molar-refractivity contribution >= 4 is 11.6 Å². The van der Waals surface area contributed by atoms with Gasteiger partial charge in [-0.1, -0.05) is 13.8 Å². The molecule has 0 aliphatic heterocycles. The van der Waals surface area contributed by atoms with Gasteiger partial charge in [-0.25, -0.2) is 15.8 Å². The van der Waals surface area contributed by atoms with Gasteiger partial charge in [-0.05, 0) is 24.2 Å². The van der Waals surface area contributed by atoms with Gasteiger partial charge < -0.3 is 10.7 Å². The van der Waals surface area contributed by atoms with E-state index in [1.807, 2.05) is 6.07 Å². The van der Waals surface area contributed by atoms with E-state index in [4.69, 9.17) is 5.84 Å². The first-order chi connectivity index (χ1) is 7.66. The fourth-order valence-electron chi connectivity index (χ4n) is 1.92. The smallest absolute Gasteiger partial charge is 0.145 e. The predicted octanol–water partition coefficient (Wildman–Crippen LogP) is 1.61. The summed E-state index contributed by atoms with van der Waals surface area (Å²) in [6.07, 6.45) is 4.13. The minimum atomic E-state index is 0.473. The van der Waals surface area contributed by atoms with Gasteiger partial charge in [0.15, 0.2) is 0 Å². The quantitative estimate of drug-likeness (QED) is 0.520. The zero-order valence-electron chi connectivity index (χ0n) is 9.83. The highest BCUT2D eigenvalue weighted by Gasteiger charge is 2.44. The Labute approximate surface area is 95.8 Å². The summed E-state index contributed by atoms with van der Waals surface area (Å²) in [4.78, 5) is 8.13. The van der Waals surface area contributed by atoms with Gasteiger partial charge in [0.25, 0.3) is 0 Å². The molecule has 0 bridgehead atoms. The molecule has 1 aliphatic rings. The number of nitrogens with zero attached hydrogens (tertiary/aromatic N) is 2. The molecular formula is C11H19N5. The molecule has 1 heterocycles. The maximum absolute atomic E-state index is 5.29. The van der Waals surface area contributed by atoms with Gasteiger partial charge in [0.1, 0.15) is 18.0 Å². The highest BCUT2D eigenvalue weighted by molar-refractivity contribution is 5.45. The normalized spacial score (nSPS) is 17.2. The molecule has 5 heteroatoms. The number of hydrogen-bond acceptors (Lipinski definition) is 5. The van der Waals surface area contributed by atoms with Crippen molar-refractivity contribution in [3.63, 3.8) is 0 Å². The van der Waals surface area contributed by atoms with Crippen LogP contribution in [-0.4, -0.2) is 16.5 Å².